The summed E-state index contributed by atoms with van der Waals surface area (Å²) in [6, 6.07) is 10.6. The van der Waals surface area contributed by atoms with Crippen LogP contribution >= 0.6 is 11.3 Å². The fourth-order valence-electron chi connectivity index (χ4n) is 2.77. The predicted octanol–water partition coefficient (Wildman–Crippen LogP) is 3.24. The highest BCUT2D eigenvalue weighted by Gasteiger charge is 2.24. The van der Waals surface area contributed by atoms with Crippen molar-refractivity contribution in [2.75, 3.05) is 13.1 Å². The molecule has 0 bridgehead atoms. The second kappa shape index (κ2) is 6.18. The number of carbonyl (C=O) groups excluding carboxylic acids is 1. The number of aromatic nitrogens is 1. The molecule has 1 saturated heterocycles. The average Bonchev–Trinajstić information content (AvgIpc) is 3.03. The first kappa shape index (κ1) is 13.3. The number of piperidine rings is 1. The van der Waals surface area contributed by atoms with Crippen molar-refractivity contribution in [3.63, 3.8) is 0 Å². The maximum absolute atomic E-state index is 12.2. The maximum Gasteiger partial charge on any atom is 0.273 e. The van der Waals surface area contributed by atoms with Crippen molar-refractivity contribution in [3.8, 4) is 0 Å². The van der Waals surface area contributed by atoms with Gasteiger partial charge < -0.3 is 4.90 Å². The lowest BCUT2D eigenvalue weighted by Crippen LogP contribution is -2.39. The van der Waals surface area contributed by atoms with Crippen LogP contribution in [0.1, 0.15) is 28.9 Å². The Morgan fingerprint density at radius 3 is 2.65 bits per heavy atom. The number of hydrogen-bond acceptors (Lipinski definition) is 3. The number of nitrogens with zero attached hydrogens (tertiary/aromatic N) is 2. The van der Waals surface area contributed by atoms with Crippen molar-refractivity contribution >= 4 is 17.2 Å². The van der Waals surface area contributed by atoms with Crippen LogP contribution in [0.3, 0.4) is 0 Å². The van der Waals surface area contributed by atoms with E-state index in [2.05, 4.69) is 35.3 Å². The van der Waals surface area contributed by atoms with Crippen LogP contribution in [0.15, 0.2) is 41.2 Å². The Morgan fingerprint density at radius 2 is 2.00 bits per heavy atom. The van der Waals surface area contributed by atoms with Gasteiger partial charge in [0, 0.05) is 18.5 Å². The summed E-state index contributed by atoms with van der Waals surface area (Å²) in [4.78, 5) is 18.2. The standard InChI is InChI=1S/C16H18N2OS/c19-16(15-11-20-12-17-15)18-8-6-14(7-9-18)10-13-4-2-1-3-5-13/h1-5,11-12,14H,6-10H2. The molecule has 0 aliphatic carbocycles. The molecule has 3 rings (SSSR count). The third-order valence-corrected chi connectivity index (χ3v) is 4.51. The van der Waals surface area contributed by atoms with Crippen LogP contribution in [0.4, 0.5) is 0 Å². The second-order valence-corrected chi connectivity index (χ2v) is 6.02. The monoisotopic (exact) mass is 286 g/mol. The Labute approximate surface area is 123 Å². The maximum atomic E-state index is 12.2. The van der Waals surface area contributed by atoms with Gasteiger partial charge in [0.05, 0.1) is 5.51 Å². The smallest absolute Gasteiger partial charge is 0.273 e. The zero-order valence-electron chi connectivity index (χ0n) is 11.4. The molecular formula is C16H18N2OS. The zero-order valence-corrected chi connectivity index (χ0v) is 12.2. The SMILES string of the molecule is O=C(c1cscn1)N1CCC(Cc2ccccc2)CC1. The van der Waals surface area contributed by atoms with Gasteiger partial charge in [-0.2, -0.15) is 0 Å². The lowest BCUT2D eigenvalue weighted by Gasteiger charge is -2.31. The number of amides is 1. The third-order valence-electron chi connectivity index (χ3n) is 3.92. The van der Waals surface area contributed by atoms with E-state index in [0.29, 0.717) is 11.6 Å². The predicted molar refractivity (Wildman–Crippen MR) is 80.9 cm³/mol. The number of rotatable bonds is 3. The molecule has 0 spiro atoms. The lowest BCUT2D eigenvalue weighted by molar-refractivity contribution is 0.0685. The van der Waals surface area contributed by atoms with Crippen molar-refractivity contribution in [1.29, 1.82) is 0 Å². The van der Waals surface area contributed by atoms with Crippen LogP contribution in [0.5, 0.6) is 0 Å². The van der Waals surface area contributed by atoms with Crippen LogP contribution in [0, 0.1) is 5.92 Å². The number of likely N-dealkylation sites (tertiary alicyclic amines) is 1. The van der Waals surface area contributed by atoms with Crippen molar-refractivity contribution in [1.82, 2.24) is 9.88 Å². The highest BCUT2D eigenvalue weighted by molar-refractivity contribution is 7.07. The molecule has 0 saturated carbocycles. The Hall–Kier alpha value is -1.68. The number of thiazole rings is 1. The summed E-state index contributed by atoms with van der Waals surface area (Å²) in [5, 5.41) is 1.83. The van der Waals surface area contributed by atoms with Gasteiger partial charge in [-0.1, -0.05) is 30.3 Å². The van der Waals surface area contributed by atoms with E-state index in [1.165, 1.54) is 16.9 Å². The van der Waals surface area contributed by atoms with Gasteiger partial charge in [-0.05, 0) is 30.7 Å². The van der Waals surface area contributed by atoms with Crippen molar-refractivity contribution in [2.45, 2.75) is 19.3 Å². The van der Waals surface area contributed by atoms with Gasteiger partial charge in [0.1, 0.15) is 5.69 Å². The minimum absolute atomic E-state index is 0.0874. The molecule has 0 unspecified atom stereocenters. The third kappa shape index (κ3) is 3.07. The summed E-state index contributed by atoms with van der Waals surface area (Å²) in [5.74, 6) is 0.779. The summed E-state index contributed by atoms with van der Waals surface area (Å²) < 4.78 is 0. The van der Waals surface area contributed by atoms with Gasteiger partial charge in [-0.3, -0.25) is 4.79 Å². The molecule has 104 valence electrons. The van der Waals surface area contributed by atoms with Gasteiger partial charge in [-0.25, -0.2) is 4.98 Å². The second-order valence-electron chi connectivity index (χ2n) is 5.30. The highest BCUT2D eigenvalue weighted by atomic mass is 32.1. The van der Waals surface area contributed by atoms with Crippen molar-refractivity contribution < 1.29 is 4.79 Å². The van der Waals surface area contributed by atoms with E-state index in [0.717, 1.165) is 32.4 Å². The van der Waals surface area contributed by atoms with E-state index in [-0.39, 0.29) is 5.91 Å². The van der Waals surface area contributed by atoms with E-state index >= 15 is 0 Å². The Bertz CT molecular complexity index is 545. The fourth-order valence-corrected chi connectivity index (χ4v) is 3.29. The first-order chi connectivity index (χ1) is 9.83. The van der Waals surface area contributed by atoms with E-state index in [1.54, 1.807) is 5.51 Å². The molecule has 0 radical (unpaired) electrons. The zero-order chi connectivity index (χ0) is 13.8. The average molecular weight is 286 g/mol. The highest BCUT2D eigenvalue weighted by Crippen LogP contribution is 2.22. The Kier molecular flexibility index (Phi) is 4.11. The first-order valence-corrected chi connectivity index (χ1v) is 7.98. The molecule has 0 N–H and O–H groups in total. The molecule has 2 heterocycles. The summed E-state index contributed by atoms with van der Waals surface area (Å²) in [6.07, 6.45) is 3.30. The molecule has 0 atom stereocenters. The summed E-state index contributed by atoms with van der Waals surface area (Å²) >= 11 is 1.48. The molecule has 1 aliphatic heterocycles. The Morgan fingerprint density at radius 1 is 1.25 bits per heavy atom. The quantitative estimate of drug-likeness (QED) is 0.868. The fraction of sp³-hybridized carbons (Fsp3) is 0.375. The molecule has 4 heteroatoms. The molecule has 1 aliphatic rings. The number of hydrogen-bond donors (Lipinski definition) is 0. The van der Waals surface area contributed by atoms with Crippen LogP contribution in [0.25, 0.3) is 0 Å². The van der Waals surface area contributed by atoms with Crippen molar-refractivity contribution in [2.24, 2.45) is 5.92 Å². The van der Waals surface area contributed by atoms with Crippen LogP contribution in [0.2, 0.25) is 0 Å². The molecule has 1 aromatic carbocycles. The minimum Gasteiger partial charge on any atom is -0.337 e. The molecule has 20 heavy (non-hydrogen) atoms. The molecule has 3 nitrogen and oxygen atoms in total. The lowest BCUT2D eigenvalue weighted by atomic mass is 9.90. The number of carbonyl (C=O) groups is 1. The van der Waals surface area contributed by atoms with Crippen LogP contribution in [-0.4, -0.2) is 28.9 Å². The van der Waals surface area contributed by atoms with Crippen LogP contribution < -0.4 is 0 Å². The molecule has 1 aromatic heterocycles. The first-order valence-electron chi connectivity index (χ1n) is 7.04. The molecular weight excluding hydrogens is 268 g/mol. The molecule has 1 fully saturated rings. The van der Waals surface area contributed by atoms with Crippen LogP contribution in [-0.2, 0) is 6.42 Å². The topological polar surface area (TPSA) is 33.2 Å². The van der Waals surface area contributed by atoms with Gasteiger partial charge in [-0.15, -0.1) is 11.3 Å². The normalized spacial score (nSPS) is 16.3. The molecule has 1 amide bonds. The van der Waals surface area contributed by atoms with E-state index in [4.69, 9.17) is 0 Å². The summed E-state index contributed by atoms with van der Waals surface area (Å²) in [6.45, 7) is 1.71. The van der Waals surface area contributed by atoms with Gasteiger partial charge >= 0.3 is 0 Å². The molecule has 2 aromatic rings. The summed E-state index contributed by atoms with van der Waals surface area (Å²) in [5.41, 5.74) is 3.71. The minimum atomic E-state index is 0.0874. The van der Waals surface area contributed by atoms with Gasteiger partial charge in [0.15, 0.2) is 0 Å². The van der Waals surface area contributed by atoms with Crippen molar-refractivity contribution in [3.05, 3.63) is 52.5 Å². The summed E-state index contributed by atoms with van der Waals surface area (Å²) in [7, 11) is 0. The van der Waals surface area contributed by atoms with Gasteiger partial charge in [0.25, 0.3) is 5.91 Å². The van der Waals surface area contributed by atoms with Gasteiger partial charge in [0.2, 0.25) is 0 Å². The number of benzene rings is 1. The largest absolute Gasteiger partial charge is 0.337 e. The van der Waals surface area contributed by atoms with E-state index < -0.39 is 0 Å². The van der Waals surface area contributed by atoms with E-state index in [1.807, 2.05) is 10.3 Å². The Balaban J connectivity index is 1.53. The van der Waals surface area contributed by atoms with E-state index in [9.17, 15) is 4.79 Å².